The molecule has 3 aromatic rings. The van der Waals surface area contributed by atoms with Crippen molar-refractivity contribution in [2.24, 2.45) is 0 Å². The largest absolute Gasteiger partial charge is 0.462 e. The van der Waals surface area contributed by atoms with Gasteiger partial charge in [0.1, 0.15) is 5.69 Å². The first-order valence-electron chi connectivity index (χ1n) is 8.72. The van der Waals surface area contributed by atoms with Crippen LogP contribution in [-0.4, -0.2) is 34.3 Å². The van der Waals surface area contributed by atoms with Crippen molar-refractivity contribution in [3.8, 4) is 11.1 Å². The molecule has 0 saturated carbocycles. The maximum Gasteiger partial charge on any atom is 0.340 e. The zero-order valence-electron chi connectivity index (χ0n) is 15.6. The molecule has 0 aromatic carbocycles. The molecular formula is C20H23N3O3. The van der Waals surface area contributed by atoms with Gasteiger partial charge >= 0.3 is 5.97 Å². The van der Waals surface area contributed by atoms with Crippen LogP contribution in [0.4, 0.5) is 0 Å². The second-order valence-corrected chi connectivity index (χ2v) is 6.08. The molecule has 0 radical (unpaired) electrons. The highest BCUT2D eigenvalue weighted by Gasteiger charge is 2.25. The van der Waals surface area contributed by atoms with E-state index in [0.29, 0.717) is 17.9 Å². The van der Waals surface area contributed by atoms with Crippen LogP contribution in [0.5, 0.6) is 0 Å². The molecule has 0 aliphatic heterocycles. The van der Waals surface area contributed by atoms with E-state index in [1.807, 2.05) is 29.6 Å². The lowest BCUT2D eigenvalue weighted by atomic mass is 9.99. The zero-order valence-corrected chi connectivity index (χ0v) is 15.6. The Morgan fingerprint density at radius 2 is 2.04 bits per heavy atom. The average molecular weight is 353 g/mol. The molecule has 0 spiro atoms. The van der Waals surface area contributed by atoms with E-state index in [9.17, 15) is 4.79 Å². The molecular weight excluding hydrogens is 330 g/mol. The Morgan fingerprint density at radius 3 is 2.69 bits per heavy atom. The smallest absolute Gasteiger partial charge is 0.340 e. The highest BCUT2D eigenvalue weighted by molar-refractivity contribution is 6.02. The molecule has 0 amide bonds. The van der Waals surface area contributed by atoms with Gasteiger partial charge in [0, 0.05) is 36.3 Å². The highest BCUT2D eigenvalue weighted by Crippen LogP contribution is 2.32. The van der Waals surface area contributed by atoms with Crippen LogP contribution in [0, 0.1) is 6.92 Å². The van der Waals surface area contributed by atoms with Gasteiger partial charge in [-0.2, -0.15) is 5.10 Å². The monoisotopic (exact) mass is 353 g/mol. The first-order valence-corrected chi connectivity index (χ1v) is 8.72. The second-order valence-electron chi connectivity index (χ2n) is 6.08. The SMILES string of the molecule is CCOC(=O)c1c(COC)nn2c(CC)ccc2c1-c1cncc(C)c1. The van der Waals surface area contributed by atoms with E-state index < -0.39 is 5.97 Å². The molecule has 136 valence electrons. The standard InChI is InChI=1S/C20H23N3O3/c1-5-15-7-8-17-18(14-9-13(3)10-21-11-14)19(20(24)26-6-2)16(12-25-4)22-23(15)17/h7-11H,5-6,12H2,1-4H3. The lowest BCUT2D eigenvalue weighted by Gasteiger charge is -2.16. The Kier molecular flexibility index (Phi) is 5.32. The zero-order chi connectivity index (χ0) is 18.7. The van der Waals surface area contributed by atoms with Gasteiger partial charge in [0.2, 0.25) is 0 Å². The number of nitrogens with zero attached hydrogens (tertiary/aromatic N) is 3. The molecule has 6 heteroatoms. The molecule has 6 nitrogen and oxygen atoms in total. The summed E-state index contributed by atoms with van der Waals surface area (Å²) < 4.78 is 12.5. The maximum absolute atomic E-state index is 12.8. The molecule has 0 aliphatic carbocycles. The lowest BCUT2D eigenvalue weighted by molar-refractivity contribution is 0.0521. The number of esters is 1. The van der Waals surface area contributed by atoms with Crippen LogP contribution in [0.1, 0.15) is 41.2 Å². The summed E-state index contributed by atoms with van der Waals surface area (Å²) in [5.74, 6) is -0.398. The summed E-state index contributed by atoms with van der Waals surface area (Å²) >= 11 is 0. The summed E-state index contributed by atoms with van der Waals surface area (Å²) in [6.45, 7) is 6.36. The van der Waals surface area contributed by atoms with Crippen LogP contribution < -0.4 is 0 Å². The van der Waals surface area contributed by atoms with Gasteiger partial charge < -0.3 is 9.47 Å². The van der Waals surface area contributed by atoms with Crippen molar-refractivity contribution in [2.75, 3.05) is 13.7 Å². The minimum atomic E-state index is -0.398. The molecule has 0 aliphatic rings. The normalized spacial score (nSPS) is 11.1. The van der Waals surface area contributed by atoms with Gasteiger partial charge in [-0.3, -0.25) is 4.98 Å². The van der Waals surface area contributed by atoms with Crippen LogP contribution in [0.25, 0.3) is 16.6 Å². The molecule has 26 heavy (non-hydrogen) atoms. The van der Waals surface area contributed by atoms with Crippen LogP contribution in [0.2, 0.25) is 0 Å². The first kappa shape index (κ1) is 18.1. The third kappa shape index (κ3) is 3.20. The summed E-state index contributed by atoms with van der Waals surface area (Å²) in [6, 6.07) is 6.03. The van der Waals surface area contributed by atoms with E-state index in [2.05, 4.69) is 17.0 Å². The molecule has 3 aromatic heterocycles. The molecule has 0 fully saturated rings. The maximum atomic E-state index is 12.8. The van der Waals surface area contributed by atoms with Crippen molar-refractivity contribution in [3.05, 3.63) is 53.1 Å². The molecule has 3 rings (SSSR count). The average Bonchev–Trinajstić information content (AvgIpc) is 3.03. The van der Waals surface area contributed by atoms with Crippen molar-refractivity contribution in [3.63, 3.8) is 0 Å². The number of pyridine rings is 1. The number of carbonyl (C=O) groups excluding carboxylic acids is 1. The number of hydrogen-bond acceptors (Lipinski definition) is 5. The molecule has 0 N–H and O–H groups in total. The van der Waals surface area contributed by atoms with E-state index in [1.165, 1.54) is 0 Å². The Labute approximate surface area is 152 Å². The Balaban J connectivity index is 2.41. The summed E-state index contributed by atoms with van der Waals surface area (Å²) in [5.41, 5.74) is 5.57. The third-order valence-corrected chi connectivity index (χ3v) is 4.24. The minimum Gasteiger partial charge on any atom is -0.462 e. The summed E-state index contributed by atoms with van der Waals surface area (Å²) in [5, 5.41) is 4.68. The van der Waals surface area contributed by atoms with Crippen molar-refractivity contribution < 1.29 is 14.3 Å². The van der Waals surface area contributed by atoms with Gasteiger partial charge in [-0.15, -0.1) is 0 Å². The van der Waals surface area contributed by atoms with Gasteiger partial charge in [0.15, 0.2) is 0 Å². The number of rotatable bonds is 6. The van der Waals surface area contributed by atoms with E-state index in [-0.39, 0.29) is 6.61 Å². The van der Waals surface area contributed by atoms with E-state index in [0.717, 1.165) is 34.3 Å². The van der Waals surface area contributed by atoms with Crippen LogP contribution in [-0.2, 0) is 22.5 Å². The fourth-order valence-corrected chi connectivity index (χ4v) is 3.13. The van der Waals surface area contributed by atoms with E-state index >= 15 is 0 Å². The molecule has 0 atom stereocenters. The fourth-order valence-electron chi connectivity index (χ4n) is 3.13. The Hall–Kier alpha value is -2.73. The van der Waals surface area contributed by atoms with Gasteiger partial charge in [-0.25, -0.2) is 9.31 Å². The number of hydrogen-bond donors (Lipinski definition) is 0. The van der Waals surface area contributed by atoms with Gasteiger partial charge in [0.05, 0.1) is 24.3 Å². The third-order valence-electron chi connectivity index (χ3n) is 4.24. The number of ether oxygens (including phenoxy) is 2. The van der Waals surface area contributed by atoms with E-state index in [1.54, 1.807) is 26.4 Å². The molecule has 0 saturated heterocycles. The first-order chi connectivity index (χ1) is 12.6. The van der Waals surface area contributed by atoms with E-state index in [4.69, 9.17) is 9.47 Å². The summed E-state index contributed by atoms with van der Waals surface area (Å²) in [4.78, 5) is 17.1. The lowest BCUT2D eigenvalue weighted by Crippen LogP contribution is -2.16. The summed E-state index contributed by atoms with van der Waals surface area (Å²) in [7, 11) is 1.59. The van der Waals surface area contributed by atoms with Crippen LogP contribution in [0.3, 0.4) is 0 Å². The minimum absolute atomic E-state index is 0.220. The molecule has 0 unspecified atom stereocenters. The van der Waals surface area contributed by atoms with Crippen molar-refractivity contribution in [2.45, 2.75) is 33.8 Å². The molecule has 0 bridgehead atoms. The van der Waals surface area contributed by atoms with Gasteiger partial charge in [-0.05, 0) is 44.0 Å². The number of methoxy groups -OCH3 is 1. The molecule has 3 heterocycles. The van der Waals surface area contributed by atoms with Crippen molar-refractivity contribution in [1.29, 1.82) is 0 Å². The number of fused-ring (bicyclic) bond motifs is 1. The summed E-state index contributed by atoms with van der Waals surface area (Å²) in [6.07, 6.45) is 4.38. The predicted molar refractivity (Wildman–Crippen MR) is 99.2 cm³/mol. The number of carbonyl (C=O) groups is 1. The fraction of sp³-hybridized carbons (Fsp3) is 0.350. The Morgan fingerprint density at radius 1 is 1.23 bits per heavy atom. The highest BCUT2D eigenvalue weighted by atomic mass is 16.5. The van der Waals surface area contributed by atoms with Crippen LogP contribution in [0.15, 0.2) is 30.6 Å². The topological polar surface area (TPSA) is 65.7 Å². The predicted octanol–water partition coefficient (Wildman–Crippen LogP) is 3.59. The van der Waals surface area contributed by atoms with Gasteiger partial charge in [-0.1, -0.05) is 6.92 Å². The number of aromatic nitrogens is 3. The number of aryl methyl sites for hydroxylation is 2. The quantitative estimate of drug-likeness (QED) is 0.634. The van der Waals surface area contributed by atoms with Crippen molar-refractivity contribution >= 4 is 11.5 Å². The van der Waals surface area contributed by atoms with Gasteiger partial charge in [0.25, 0.3) is 0 Å². The van der Waals surface area contributed by atoms with Crippen molar-refractivity contribution in [1.82, 2.24) is 14.6 Å². The second kappa shape index (κ2) is 7.66. The van der Waals surface area contributed by atoms with Crippen LogP contribution >= 0.6 is 0 Å². The Bertz CT molecular complexity index is 947.